The number of aromatic nitrogens is 1. The molecule has 120 valence electrons. The molecule has 0 aliphatic heterocycles. The molecule has 0 saturated carbocycles. The molecule has 0 unspecified atom stereocenters. The zero-order valence-corrected chi connectivity index (χ0v) is 14.7. The molecule has 0 bridgehead atoms. The van der Waals surface area contributed by atoms with Crippen LogP contribution in [-0.4, -0.2) is 43.4 Å². The minimum Gasteiger partial charge on any atom is -0.478 e. The van der Waals surface area contributed by atoms with Crippen LogP contribution in [0.25, 0.3) is 0 Å². The summed E-state index contributed by atoms with van der Waals surface area (Å²) >= 11 is 3.28. The maximum absolute atomic E-state index is 10.4. The molecule has 0 aromatic carbocycles. The third-order valence-corrected chi connectivity index (χ3v) is 4.95. The predicted octanol–water partition coefficient (Wildman–Crippen LogP) is 2.52. The van der Waals surface area contributed by atoms with Crippen molar-refractivity contribution >= 4 is 35.9 Å². The summed E-state index contributed by atoms with van der Waals surface area (Å²) in [6.07, 6.45) is 2.95. The average molecular weight is 399 g/mol. The molecule has 0 amide bonds. The Morgan fingerprint density at radius 3 is 2.81 bits per heavy atom. The summed E-state index contributed by atoms with van der Waals surface area (Å²) < 4.78 is 35.7. The summed E-state index contributed by atoms with van der Waals surface area (Å²) in [5.74, 6) is 0.959. The van der Waals surface area contributed by atoms with E-state index in [9.17, 15) is 8.42 Å². The van der Waals surface area contributed by atoms with Gasteiger partial charge >= 0.3 is 9.15 Å². The van der Waals surface area contributed by atoms with Gasteiger partial charge in [0.25, 0.3) is 0 Å². The maximum Gasteiger partial charge on any atom is 0.319 e. The molecule has 0 atom stereocenters. The Morgan fingerprint density at radius 2 is 2.10 bits per heavy atom. The summed E-state index contributed by atoms with van der Waals surface area (Å²) in [4.78, 5) is 4.17. The second-order valence-corrected chi connectivity index (χ2v) is 8.49. The number of halogens is 1. The number of nitrogens with zero attached hydrogens (tertiary/aromatic N) is 1. The fourth-order valence-corrected chi connectivity index (χ4v) is 3.17. The van der Waals surface area contributed by atoms with E-state index < -0.39 is 9.15 Å². The van der Waals surface area contributed by atoms with Gasteiger partial charge in [-0.25, -0.2) is 4.98 Å². The van der Waals surface area contributed by atoms with Crippen molar-refractivity contribution in [2.45, 2.75) is 19.3 Å². The largest absolute Gasteiger partial charge is 0.478 e. The van der Waals surface area contributed by atoms with Crippen molar-refractivity contribution in [1.82, 2.24) is 10.3 Å². The molecular weight excluding hydrogens is 380 g/mol. The van der Waals surface area contributed by atoms with Crippen LogP contribution >= 0.6 is 26.7 Å². The highest BCUT2D eigenvalue weighted by Gasteiger charge is 2.03. The van der Waals surface area contributed by atoms with Crippen LogP contribution in [0.3, 0.4) is 0 Å². The first-order chi connectivity index (χ1) is 9.97. The quantitative estimate of drug-likeness (QED) is 0.256. The molecular formula is C12H19BrN2O4S2. The second kappa shape index (κ2) is 10.4. The van der Waals surface area contributed by atoms with E-state index in [-0.39, 0.29) is 0 Å². The molecule has 1 heterocycles. The van der Waals surface area contributed by atoms with Gasteiger partial charge < -0.3 is 10.1 Å². The first-order valence-electron chi connectivity index (χ1n) is 6.55. The van der Waals surface area contributed by atoms with E-state index in [0.29, 0.717) is 35.6 Å². The van der Waals surface area contributed by atoms with E-state index in [2.05, 4.69) is 26.2 Å². The normalized spacial score (nSPS) is 11.5. The highest BCUT2D eigenvalue weighted by atomic mass is 79.9. The van der Waals surface area contributed by atoms with Crippen LogP contribution in [-0.2, 0) is 9.15 Å². The van der Waals surface area contributed by atoms with Gasteiger partial charge in [0.1, 0.15) is 4.60 Å². The molecule has 2 N–H and O–H groups in total. The lowest BCUT2D eigenvalue weighted by Crippen LogP contribution is -2.19. The van der Waals surface area contributed by atoms with Gasteiger partial charge in [0, 0.05) is 18.4 Å². The molecule has 0 radical (unpaired) electrons. The summed E-state index contributed by atoms with van der Waals surface area (Å²) in [5.41, 5.74) is 0. The van der Waals surface area contributed by atoms with Crippen molar-refractivity contribution in [3.05, 3.63) is 22.8 Å². The number of hydrogen-bond acceptors (Lipinski definition) is 6. The Kier molecular flexibility index (Phi) is 9.25. The third kappa shape index (κ3) is 10.9. The SMILES string of the molecule is O=S(=O)(O)SCCNCCCCCOc1cccc(Br)n1. The van der Waals surface area contributed by atoms with Crippen LogP contribution in [0.1, 0.15) is 19.3 Å². The van der Waals surface area contributed by atoms with Gasteiger partial charge in [-0.1, -0.05) is 6.07 Å². The lowest BCUT2D eigenvalue weighted by molar-refractivity contribution is 0.293. The van der Waals surface area contributed by atoms with E-state index in [0.717, 1.165) is 30.4 Å². The monoisotopic (exact) mass is 398 g/mol. The first kappa shape index (κ1) is 18.7. The van der Waals surface area contributed by atoms with Crippen LogP contribution in [0, 0.1) is 0 Å². The predicted molar refractivity (Wildman–Crippen MR) is 88.2 cm³/mol. The molecule has 0 aliphatic carbocycles. The van der Waals surface area contributed by atoms with E-state index >= 15 is 0 Å². The lowest BCUT2D eigenvalue weighted by atomic mass is 10.2. The van der Waals surface area contributed by atoms with Gasteiger partial charge in [-0.05, 0) is 58.6 Å². The fourth-order valence-electron chi connectivity index (χ4n) is 1.52. The van der Waals surface area contributed by atoms with Crippen molar-refractivity contribution in [1.29, 1.82) is 0 Å². The molecule has 1 aromatic rings. The van der Waals surface area contributed by atoms with Crippen molar-refractivity contribution in [3.63, 3.8) is 0 Å². The number of hydrogen-bond donors (Lipinski definition) is 2. The van der Waals surface area contributed by atoms with Crippen molar-refractivity contribution in [2.24, 2.45) is 0 Å². The highest BCUT2D eigenvalue weighted by molar-refractivity contribution is 9.10. The molecule has 0 fully saturated rings. The number of unbranched alkanes of at least 4 members (excludes halogenated alkanes) is 2. The summed E-state index contributed by atoms with van der Waals surface area (Å²) in [6.45, 7) is 2.01. The Balaban J connectivity index is 1.91. The zero-order valence-electron chi connectivity index (χ0n) is 11.5. The average Bonchev–Trinajstić information content (AvgIpc) is 2.40. The Hall–Kier alpha value is -0.350. The standard InChI is InChI=1S/C12H19BrN2O4S2/c13-11-5-4-6-12(15-11)19-9-3-1-2-7-14-8-10-20-21(16,17)18/h4-6,14H,1-3,7-10H2,(H,16,17,18). The van der Waals surface area contributed by atoms with Crippen molar-refractivity contribution in [2.75, 3.05) is 25.4 Å². The van der Waals surface area contributed by atoms with Gasteiger partial charge in [-0.15, -0.1) is 0 Å². The fraction of sp³-hybridized carbons (Fsp3) is 0.583. The second-order valence-electron chi connectivity index (χ2n) is 4.21. The van der Waals surface area contributed by atoms with Crippen LogP contribution in [0.5, 0.6) is 5.88 Å². The molecule has 0 spiro atoms. The smallest absolute Gasteiger partial charge is 0.319 e. The minimum atomic E-state index is -3.91. The van der Waals surface area contributed by atoms with Crippen molar-refractivity contribution in [3.8, 4) is 5.88 Å². The molecule has 9 heteroatoms. The van der Waals surface area contributed by atoms with Gasteiger partial charge in [-0.3, -0.25) is 4.55 Å². The Bertz CT molecular complexity index is 514. The van der Waals surface area contributed by atoms with Gasteiger partial charge in [0.15, 0.2) is 0 Å². The molecule has 1 rings (SSSR count). The number of rotatable bonds is 11. The summed E-state index contributed by atoms with van der Waals surface area (Å²) in [5, 5.41) is 3.12. The zero-order chi connectivity index (χ0) is 15.6. The first-order valence-corrected chi connectivity index (χ1v) is 10.3. The van der Waals surface area contributed by atoms with Gasteiger partial charge in [0.2, 0.25) is 5.88 Å². The van der Waals surface area contributed by atoms with E-state index in [4.69, 9.17) is 9.29 Å². The maximum atomic E-state index is 10.4. The molecule has 21 heavy (non-hydrogen) atoms. The van der Waals surface area contributed by atoms with E-state index in [1.165, 1.54) is 0 Å². The van der Waals surface area contributed by atoms with Gasteiger partial charge in [-0.2, -0.15) is 8.42 Å². The highest BCUT2D eigenvalue weighted by Crippen LogP contribution is 2.12. The van der Waals surface area contributed by atoms with Crippen LogP contribution in [0.4, 0.5) is 0 Å². The van der Waals surface area contributed by atoms with Crippen LogP contribution < -0.4 is 10.1 Å². The molecule has 0 aliphatic rings. The van der Waals surface area contributed by atoms with Crippen LogP contribution in [0.2, 0.25) is 0 Å². The topological polar surface area (TPSA) is 88.5 Å². The Morgan fingerprint density at radius 1 is 1.29 bits per heavy atom. The summed E-state index contributed by atoms with van der Waals surface area (Å²) in [6, 6.07) is 5.54. The van der Waals surface area contributed by atoms with E-state index in [1.54, 1.807) is 0 Å². The van der Waals surface area contributed by atoms with Crippen molar-refractivity contribution < 1.29 is 17.7 Å². The summed E-state index contributed by atoms with van der Waals surface area (Å²) in [7, 11) is -3.37. The van der Waals surface area contributed by atoms with E-state index in [1.807, 2.05) is 18.2 Å². The number of nitrogens with one attached hydrogen (secondary N) is 1. The number of pyridine rings is 1. The number of ether oxygens (including phenoxy) is 1. The molecule has 6 nitrogen and oxygen atoms in total. The Labute approximate surface area is 137 Å². The lowest BCUT2D eigenvalue weighted by Gasteiger charge is -2.06. The minimum absolute atomic E-state index is 0.344. The van der Waals surface area contributed by atoms with Gasteiger partial charge in [0.05, 0.1) is 6.61 Å². The third-order valence-electron chi connectivity index (χ3n) is 2.45. The van der Waals surface area contributed by atoms with Crippen LogP contribution in [0.15, 0.2) is 22.8 Å². The molecule has 0 saturated heterocycles. The molecule has 1 aromatic heterocycles.